The molecule has 43 heavy (non-hydrogen) atoms. The smallest absolute Gasteiger partial charge is 0.255 e. The van der Waals surface area contributed by atoms with Crippen LogP contribution in [-0.4, -0.2) is 23.4 Å². The van der Waals surface area contributed by atoms with Gasteiger partial charge in [-0.3, -0.25) is 9.59 Å². The molecule has 0 atom stereocenters. The van der Waals surface area contributed by atoms with Crippen LogP contribution in [0.25, 0.3) is 11.3 Å². The van der Waals surface area contributed by atoms with E-state index in [1.165, 1.54) is 0 Å². The summed E-state index contributed by atoms with van der Waals surface area (Å²) >= 11 is 10.1. The number of carbonyl (C=O) groups is 2. The van der Waals surface area contributed by atoms with Crippen LogP contribution in [0.2, 0.25) is 5.02 Å². The highest BCUT2D eigenvalue weighted by Crippen LogP contribution is 2.43. The zero-order valence-corrected chi connectivity index (χ0v) is 25.2. The highest BCUT2D eigenvalue weighted by atomic mass is 79.9. The van der Waals surface area contributed by atoms with Crippen molar-refractivity contribution in [1.82, 2.24) is 5.16 Å². The van der Waals surface area contributed by atoms with Crippen LogP contribution >= 0.6 is 27.5 Å². The molecule has 0 radical (unpaired) electrons. The van der Waals surface area contributed by atoms with E-state index in [-0.39, 0.29) is 54.1 Å². The Hall–Kier alpha value is -4.44. The van der Waals surface area contributed by atoms with Crippen molar-refractivity contribution in [2.45, 2.75) is 19.6 Å². The number of Topliss-reactive ketones (excluding diaryl/α,β-unsaturated/α-hetero) is 1. The Morgan fingerprint density at radius 2 is 1.47 bits per heavy atom. The van der Waals surface area contributed by atoms with Crippen LogP contribution in [0.1, 0.15) is 38.4 Å². The molecule has 0 aliphatic heterocycles. The van der Waals surface area contributed by atoms with Gasteiger partial charge in [0.15, 0.2) is 17.2 Å². The number of ketones is 1. The number of hydrogen-bond acceptors (Lipinski definition) is 7. The summed E-state index contributed by atoms with van der Waals surface area (Å²) in [4.78, 5) is 26.2. The van der Waals surface area contributed by atoms with Gasteiger partial charge >= 0.3 is 0 Å². The van der Waals surface area contributed by atoms with Crippen molar-refractivity contribution in [2.75, 3.05) is 11.9 Å². The van der Waals surface area contributed by atoms with Crippen LogP contribution in [0.4, 0.5) is 5.69 Å². The highest BCUT2D eigenvalue weighted by Gasteiger charge is 2.28. The molecule has 5 aromatic rings. The lowest BCUT2D eigenvalue weighted by Gasteiger charge is -2.16. The molecule has 0 unspecified atom stereocenters. The van der Waals surface area contributed by atoms with E-state index in [4.69, 9.17) is 31.3 Å². The summed E-state index contributed by atoms with van der Waals surface area (Å²) in [6.45, 7) is 0.611. The van der Waals surface area contributed by atoms with E-state index in [0.29, 0.717) is 22.6 Å². The second-order valence-electron chi connectivity index (χ2n) is 9.49. The molecule has 0 aliphatic carbocycles. The maximum absolute atomic E-state index is 13.3. The van der Waals surface area contributed by atoms with Crippen LogP contribution in [0.3, 0.4) is 0 Å². The fourth-order valence-electron chi connectivity index (χ4n) is 4.23. The number of hydrogen-bond donors (Lipinski definition) is 2. The topological polar surface area (TPSA) is 117 Å². The second kappa shape index (κ2) is 14.2. The molecular weight excluding hydrogens is 634 g/mol. The number of halogens is 2. The fraction of sp³-hybridized carbons (Fsp3) is 0.121. The zero-order valence-electron chi connectivity index (χ0n) is 22.9. The lowest BCUT2D eigenvalue weighted by molar-refractivity contribution is 0.0977. The van der Waals surface area contributed by atoms with E-state index in [1.54, 1.807) is 36.4 Å². The van der Waals surface area contributed by atoms with Crippen molar-refractivity contribution in [3.8, 4) is 22.8 Å². The first-order valence-corrected chi connectivity index (χ1v) is 14.6. The molecule has 0 aliphatic rings. The highest BCUT2D eigenvalue weighted by molar-refractivity contribution is 9.10. The number of benzene rings is 4. The molecular formula is C33H27BrClN3O5. The minimum atomic E-state index is -0.459. The zero-order chi connectivity index (χ0) is 30.2. The molecule has 0 saturated heterocycles. The third-order valence-corrected chi connectivity index (χ3v) is 7.25. The first kappa shape index (κ1) is 30.0. The van der Waals surface area contributed by atoms with E-state index in [2.05, 4.69) is 26.4 Å². The molecule has 4 aromatic carbocycles. The second-order valence-corrected chi connectivity index (χ2v) is 10.8. The van der Waals surface area contributed by atoms with Crippen molar-refractivity contribution in [1.29, 1.82) is 0 Å². The van der Waals surface area contributed by atoms with Crippen LogP contribution in [0, 0.1) is 0 Å². The van der Waals surface area contributed by atoms with Gasteiger partial charge in [0.25, 0.3) is 5.91 Å². The maximum atomic E-state index is 13.3. The van der Waals surface area contributed by atoms with Crippen molar-refractivity contribution < 1.29 is 23.6 Å². The van der Waals surface area contributed by atoms with Gasteiger partial charge < -0.3 is 25.0 Å². The van der Waals surface area contributed by atoms with Gasteiger partial charge in [0.1, 0.15) is 30.4 Å². The quantitative estimate of drug-likeness (QED) is 0.132. The molecule has 1 aromatic heterocycles. The van der Waals surface area contributed by atoms with Gasteiger partial charge in [-0.2, -0.15) is 0 Å². The lowest BCUT2D eigenvalue weighted by atomic mass is 10.1. The summed E-state index contributed by atoms with van der Waals surface area (Å²) in [5.74, 6) is -0.00440. The number of carbonyl (C=O) groups excluding carboxylic acids is 2. The van der Waals surface area contributed by atoms with E-state index in [9.17, 15) is 9.59 Å². The van der Waals surface area contributed by atoms with E-state index >= 15 is 0 Å². The van der Waals surface area contributed by atoms with Gasteiger partial charge in [0.2, 0.25) is 0 Å². The Balaban J connectivity index is 1.55. The number of nitrogens with zero attached hydrogens (tertiary/aromatic N) is 1. The standard InChI is InChI=1S/C33H27BrClN3O5/c34-24-13-11-23(12-14-24)33(40)37-31-30(27(39)15-16-36)38-43-32(31)25-17-26(35)29(42-20-22-9-5-2-6-10-22)18-28(25)41-19-21-7-3-1-4-8-21/h1-14,17-18H,15-16,19-20,36H2,(H,37,40). The maximum Gasteiger partial charge on any atom is 0.255 e. The summed E-state index contributed by atoms with van der Waals surface area (Å²) < 4.78 is 18.8. The molecule has 5 rings (SSSR count). The molecule has 0 bridgehead atoms. The monoisotopic (exact) mass is 659 g/mol. The number of amides is 1. The molecule has 3 N–H and O–H groups in total. The number of aromatic nitrogens is 1. The summed E-state index contributed by atoms with van der Waals surface area (Å²) in [7, 11) is 0. The van der Waals surface area contributed by atoms with Gasteiger partial charge in [-0.15, -0.1) is 0 Å². The molecule has 0 spiro atoms. The Bertz CT molecular complexity index is 1710. The molecule has 1 heterocycles. The van der Waals surface area contributed by atoms with Gasteiger partial charge in [-0.1, -0.05) is 93.4 Å². The minimum Gasteiger partial charge on any atom is -0.488 e. The number of nitrogens with two attached hydrogens (primary N) is 1. The Labute approximate surface area is 261 Å². The van der Waals surface area contributed by atoms with E-state index in [0.717, 1.165) is 15.6 Å². The third-order valence-electron chi connectivity index (χ3n) is 6.43. The van der Waals surface area contributed by atoms with Crippen molar-refractivity contribution >= 4 is 44.9 Å². The molecule has 8 nitrogen and oxygen atoms in total. The molecule has 10 heteroatoms. The van der Waals surface area contributed by atoms with Crippen molar-refractivity contribution in [2.24, 2.45) is 5.73 Å². The fourth-order valence-corrected chi connectivity index (χ4v) is 4.71. The van der Waals surface area contributed by atoms with Crippen molar-refractivity contribution in [3.63, 3.8) is 0 Å². The normalized spacial score (nSPS) is 10.8. The van der Waals surface area contributed by atoms with Gasteiger partial charge in [0.05, 0.1) is 10.6 Å². The predicted molar refractivity (Wildman–Crippen MR) is 169 cm³/mol. The molecule has 1 amide bonds. The minimum absolute atomic E-state index is 0.0114. The van der Waals surface area contributed by atoms with Crippen LogP contribution in [0.15, 0.2) is 106 Å². The van der Waals surface area contributed by atoms with Crippen LogP contribution < -0.4 is 20.5 Å². The average molecular weight is 661 g/mol. The first-order chi connectivity index (χ1) is 20.9. The predicted octanol–water partition coefficient (Wildman–Crippen LogP) is 7.70. The number of nitrogens with one attached hydrogen (secondary N) is 1. The summed E-state index contributed by atoms with van der Waals surface area (Å²) in [5.41, 5.74) is 8.31. The van der Waals surface area contributed by atoms with Crippen molar-refractivity contribution in [3.05, 3.63) is 129 Å². The van der Waals surface area contributed by atoms with E-state index in [1.807, 2.05) is 60.7 Å². The van der Waals surface area contributed by atoms with Crippen LogP contribution in [0.5, 0.6) is 11.5 Å². The molecule has 0 fully saturated rings. The van der Waals surface area contributed by atoms with Gasteiger partial charge in [-0.25, -0.2) is 0 Å². The number of ether oxygens (including phenoxy) is 2. The molecule has 218 valence electrons. The lowest BCUT2D eigenvalue weighted by Crippen LogP contribution is -2.16. The first-order valence-electron chi connectivity index (χ1n) is 13.4. The van der Waals surface area contributed by atoms with Gasteiger partial charge in [-0.05, 0) is 48.0 Å². The SMILES string of the molecule is NCCC(=O)c1noc(-c2cc(Cl)c(OCc3ccccc3)cc2OCc2ccccc2)c1NC(=O)c1ccc(Br)cc1. The number of anilines is 1. The summed E-state index contributed by atoms with van der Waals surface area (Å²) in [6, 6.07) is 29.3. The van der Waals surface area contributed by atoms with Crippen LogP contribution in [-0.2, 0) is 13.2 Å². The Morgan fingerprint density at radius 3 is 2.07 bits per heavy atom. The molecule has 0 saturated carbocycles. The Morgan fingerprint density at radius 1 is 0.860 bits per heavy atom. The summed E-state index contributed by atoms with van der Waals surface area (Å²) in [5, 5.41) is 7.11. The van der Waals surface area contributed by atoms with E-state index < -0.39 is 5.91 Å². The summed E-state index contributed by atoms with van der Waals surface area (Å²) in [6.07, 6.45) is 0.0114. The van der Waals surface area contributed by atoms with Gasteiger partial charge in [0, 0.05) is 22.5 Å². The Kier molecular flexibility index (Phi) is 9.88. The average Bonchev–Trinajstić information content (AvgIpc) is 3.44. The number of rotatable bonds is 12. The largest absolute Gasteiger partial charge is 0.488 e. The third kappa shape index (κ3) is 7.50.